The van der Waals surface area contributed by atoms with E-state index in [4.69, 9.17) is 9.90 Å². The molecule has 0 saturated heterocycles. The zero-order valence-electron chi connectivity index (χ0n) is 33.4. The second-order valence-electron chi connectivity index (χ2n) is 13.9. The molecule has 10 N–H and O–H groups in total. The smallest absolute Gasteiger partial charge is 0.124 e. The third-order valence-electron chi connectivity index (χ3n) is 9.63. The van der Waals surface area contributed by atoms with Gasteiger partial charge >= 0.3 is 0 Å². The first-order valence-electron chi connectivity index (χ1n) is 19.1. The Labute approximate surface area is 354 Å². The summed E-state index contributed by atoms with van der Waals surface area (Å²) in [5.74, 6) is 1.05. The van der Waals surface area contributed by atoms with Gasteiger partial charge in [-0.2, -0.15) is 0 Å². The highest BCUT2D eigenvalue weighted by Crippen LogP contribution is 2.32. The Morgan fingerprint density at radius 1 is 0.311 bits per heavy atom. The third kappa shape index (κ3) is 13.4. The van der Waals surface area contributed by atoms with Crippen LogP contribution in [-0.4, -0.2) is 57.9 Å². The van der Waals surface area contributed by atoms with Crippen molar-refractivity contribution in [2.45, 2.75) is 45.5 Å². The fraction of sp³-hybridized carbons (Fsp3) is 0.140. The molecule has 0 fully saturated rings. The van der Waals surface area contributed by atoms with Crippen LogP contribution in [0.5, 0.6) is 40.2 Å². The van der Waals surface area contributed by atoms with Crippen LogP contribution >= 0.6 is 0 Å². The minimum absolute atomic E-state index is 0.0468. The van der Waals surface area contributed by atoms with E-state index < -0.39 is 0 Å². The van der Waals surface area contributed by atoms with E-state index in [-0.39, 0.29) is 60.7 Å². The molecule has 0 saturated carbocycles. The Balaban J connectivity index is 0.000000227. The van der Waals surface area contributed by atoms with Gasteiger partial charge in [0.15, 0.2) is 0 Å². The number of aliphatic hydroxyl groups excluding tert-OH is 3. The van der Waals surface area contributed by atoms with Gasteiger partial charge in [-0.25, -0.2) is 0 Å². The Kier molecular flexibility index (Phi) is 17.7. The summed E-state index contributed by atoms with van der Waals surface area (Å²) in [4.78, 5) is 8.00. The summed E-state index contributed by atoms with van der Waals surface area (Å²) in [6.07, 6.45) is 1.64. The molecule has 0 aliphatic rings. The molecule has 7 rings (SSSR count). The molecule has 0 atom stereocenters. The number of benzene rings is 7. The number of para-hydroxylation sites is 4. The lowest BCUT2D eigenvalue weighted by Crippen LogP contribution is -1.99. The van der Waals surface area contributed by atoms with E-state index in [0.29, 0.717) is 58.4 Å². The summed E-state index contributed by atoms with van der Waals surface area (Å²) >= 11 is 0. The van der Waals surface area contributed by atoms with Gasteiger partial charge in [-0.3, -0.25) is 0 Å². The monoisotopic (exact) mass is 826 g/mol. The number of aromatic hydroxyl groups is 7. The first kappa shape index (κ1) is 46.4. The molecular weight excluding hydrogens is 777 g/mol. The number of hydrogen-bond acceptors (Lipinski definition) is 11. The van der Waals surface area contributed by atoms with Crippen LogP contribution in [0, 0.1) is 0 Å². The van der Waals surface area contributed by atoms with Gasteiger partial charge in [0.05, 0.1) is 19.8 Å². The van der Waals surface area contributed by atoms with Crippen LogP contribution in [0.25, 0.3) is 0 Å². The summed E-state index contributed by atoms with van der Waals surface area (Å²) < 4.78 is 0. The lowest BCUT2D eigenvalue weighted by atomic mass is 9.95. The number of hydrogen-bond donors (Lipinski definition) is 10. The van der Waals surface area contributed by atoms with Crippen molar-refractivity contribution in [3.05, 3.63) is 207 Å². The number of phenols is 7. The van der Waals surface area contributed by atoms with Crippen molar-refractivity contribution in [1.82, 2.24) is 0 Å². The zero-order valence-corrected chi connectivity index (χ0v) is 33.4. The number of carbonyl (C=O) groups excluding carboxylic acids is 1. The predicted octanol–water partition coefficient (Wildman–Crippen LogP) is 7.65. The van der Waals surface area contributed by atoms with Gasteiger partial charge in [0.2, 0.25) is 0 Å². The van der Waals surface area contributed by atoms with Crippen molar-refractivity contribution in [3.63, 3.8) is 0 Å². The van der Waals surface area contributed by atoms with E-state index in [2.05, 4.69) is 0 Å². The van der Waals surface area contributed by atoms with Crippen molar-refractivity contribution in [3.8, 4) is 40.2 Å². The molecule has 0 spiro atoms. The Bertz CT molecular complexity index is 2470. The maximum atomic E-state index is 10.4. The zero-order chi connectivity index (χ0) is 44.3. The number of phenolic OH excluding ortho intramolecular Hbond substituents is 5. The van der Waals surface area contributed by atoms with E-state index in [1.165, 1.54) is 6.07 Å². The Morgan fingerprint density at radius 2 is 0.705 bits per heavy atom. The second-order valence-corrected chi connectivity index (χ2v) is 13.9. The number of aliphatic hydroxyl groups is 3. The minimum atomic E-state index is -0.362. The topological polar surface area (TPSA) is 219 Å². The van der Waals surface area contributed by atoms with E-state index in [0.717, 1.165) is 27.8 Å². The second kappa shape index (κ2) is 23.3. The average molecular weight is 827 g/mol. The average Bonchev–Trinajstić information content (AvgIpc) is 3.27. The van der Waals surface area contributed by atoms with Crippen LogP contribution < -0.4 is 0 Å². The Hall–Kier alpha value is -7.31. The van der Waals surface area contributed by atoms with Gasteiger partial charge < -0.3 is 55.9 Å². The predicted molar refractivity (Wildman–Crippen MR) is 233 cm³/mol. The summed E-state index contributed by atoms with van der Waals surface area (Å²) in [5.41, 5.74) is 7.21. The van der Waals surface area contributed by atoms with E-state index >= 15 is 0 Å². The van der Waals surface area contributed by atoms with Crippen LogP contribution in [0.3, 0.4) is 0 Å². The van der Waals surface area contributed by atoms with E-state index in [9.17, 15) is 46.0 Å². The number of rotatable bonds is 11. The molecular formula is C50H50O11. The molecule has 0 bridgehead atoms. The van der Waals surface area contributed by atoms with Crippen molar-refractivity contribution in [2.24, 2.45) is 0 Å². The molecule has 7 aromatic carbocycles. The van der Waals surface area contributed by atoms with Crippen LogP contribution in [0.15, 0.2) is 146 Å². The van der Waals surface area contributed by atoms with Crippen molar-refractivity contribution < 1.29 is 55.9 Å². The highest BCUT2D eigenvalue weighted by Gasteiger charge is 2.14. The largest absolute Gasteiger partial charge is 0.508 e. The molecule has 11 heteroatoms. The fourth-order valence-electron chi connectivity index (χ4n) is 6.47. The quantitative estimate of drug-likeness (QED) is 0.0611. The van der Waals surface area contributed by atoms with E-state index in [1.54, 1.807) is 97.1 Å². The van der Waals surface area contributed by atoms with Crippen LogP contribution in [-0.2, 0) is 50.3 Å². The number of carbonyl (C=O) groups is 1. The molecule has 0 aliphatic heterocycles. The maximum absolute atomic E-state index is 10.4. The van der Waals surface area contributed by atoms with Gasteiger partial charge in [-0.05, 0) is 98.6 Å². The van der Waals surface area contributed by atoms with Crippen molar-refractivity contribution in [1.29, 1.82) is 0 Å². The maximum Gasteiger partial charge on any atom is 0.124 e. The first-order chi connectivity index (χ1) is 29.5. The minimum Gasteiger partial charge on any atom is -0.508 e. The summed E-state index contributed by atoms with van der Waals surface area (Å²) in [5, 5.41) is 97.6. The Morgan fingerprint density at radius 3 is 1.20 bits per heavy atom. The van der Waals surface area contributed by atoms with Gasteiger partial charge in [-0.15, -0.1) is 0 Å². The SMILES string of the molecule is C=O.OCc1cc(CO)c(O)c(Cc2cc(Cc3cccc(CO)c3O)ccc2O)c1.Oc1ccccc1.Oc1ccccc1Cc1ccc(O)c(Cc2ccccc2O)c1. The third-order valence-corrected chi connectivity index (χ3v) is 9.63. The van der Waals surface area contributed by atoms with Gasteiger partial charge in [0, 0.05) is 36.8 Å². The molecule has 7 aromatic rings. The van der Waals surface area contributed by atoms with Crippen LogP contribution in [0.1, 0.15) is 61.2 Å². The van der Waals surface area contributed by atoms with Crippen LogP contribution in [0.4, 0.5) is 0 Å². The molecule has 0 aromatic heterocycles. The molecule has 0 aliphatic carbocycles. The van der Waals surface area contributed by atoms with Crippen molar-refractivity contribution >= 4 is 6.79 Å². The molecule has 0 amide bonds. The van der Waals surface area contributed by atoms with Crippen molar-refractivity contribution in [2.75, 3.05) is 0 Å². The van der Waals surface area contributed by atoms with E-state index in [1.807, 2.05) is 49.3 Å². The molecule has 0 radical (unpaired) electrons. The highest BCUT2D eigenvalue weighted by molar-refractivity contribution is 5.50. The van der Waals surface area contributed by atoms with Crippen LogP contribution in [0.2, 0.25) is 0 Å². The molecule has 0 unspecified atom stereocenters. The lowest BCUT2D eigenvalue weighted by Gasteiger charge is -2.14. The highest BCUT2D eigenvalue weighted by atomic mass is 16.3. The molecule has 316 valence electrons. The fourth-order valence-corrected chi connectivity index (χ4v) is 6.47. The standard InChI is InChI=1S/C23H24O6.C20H18O3.C6H6O.CH2O/c24-11-15-8-19(23(29)20(9-15)13-26)10-18-7-14(4-5-21(18)27)6-16-2-1-3-17(12-25)22(16)28;21-18-7-3-1-5-15(18)11-14-9-10-20(23)17(12-14)13-16-6-2-4-8-19(16)22;7-6-4-2-1-3-5-6;1-2/h1-5,7-9,24-29H,6,10-13H2;1-10,12,21-23H,11,13H2;1-5,7H;1H2. The normalized spacial score (nSPS) is 10.3. The van der Waals surface area contributed by atoms with Gasteiger partial charge in [0.25, 0.3) is 0 Å². The molecule has 11 nitrogen and oxygen atoms in total. The summed E-state index contributed by atoms with van der Waals surface area (Å²) in [7, 11) is 0. The molecule has 0 heterocycles. The first-order valence-corrected chi connectivity index (χ1v) is 19.1. The summed E-state index contributed by atoms with van der Waals surface area (Å²) in [6, 6.07) is 41.9. The summed E-state index contributed by atoms with van der Waals surface area (Å²) in [6.45, 7) is 1.15. The van der Waals surface area contributed by atoms with Gasteiger partial charge in [-0.1, -0.05) is 97.1 Å². The molecule has 61 heavy (non-hydrogen) atoms. The van der Waals surface area contributed by atoms with Gasteiger partial charge in [0.1, 0.15) is 47.0 Å². The lowest BCUT2D eigenvalue weighted by molar-refractivity contribution is -0.0980.